The van der Waals surface area contributed by atoms with Gasteiger partial charge in [0.25, 0.3) is 5.56 Å². The van der Waals surface area contributed by atoms with Crippen LogP contribution in [0.15, 0.2) is 70.7 Å². The fourth-order valence-corrected chi connectivity index (χ4v) is 4.44. The largest absolute Gasteiger partial charge is 0.324 e. The van der Waals surface area contributed by atoms with E-state index in [1.807, 2.05) is 19.1 Å². The monoisotopic (exact) mass is 484 g/mol. The topological polar surface area (TPSA) is 76.9 Å². The van der Waals surface area contributed by atoms with E-state index < -0.39 is 5.25 Å². The van der Waals surface area contributed by atoms with E-state index in [9.17, 15) is 9.59 Å². The number of carbonyl (C=O) groups is 1. The van der Waals surface area contributed by atoms with E-state index in [4.69, 9.17) is 23.2 Å². The van der Waals surface area contributed by atoms with Crippen LogP contribution < -0.4 is 10.9 Å². The van der Waals surface area contributed by atoms with Crippen LogP contribution in [0.3, 0.4) is 0 Å². The van der Waals surface area contributed by atoms with Gasteiger partial charge in [-0.25, -0.2) is 14.5 Å². The second kappa shape index (κ2) is 9.32. The molecular formula is C23H18Cl2N4O2S. The summed E-state index contributed by atoms with van der Waals surface area (Å²) in [7, 11) is 0. The van der Waals surface area contributed by atoms with Crippen LogP contribution in [0.4, 0.5) is 5.69 Å². The summed E-state index contributed by atoms with van der Waals surface area (Å²) < 4.78 is 1.44. The summed E-state index contributed by atoms with van der Waals surface area (Å²) in [6, 6.07) is 15.6. The van der Waals surface area contributed by atoms with Crippen LogP contribution in [-0.2, 0) is 4.79 Å². The molecule has 2 aromatic heterocycles. The average molecular weight is 485 g/mol. The summed E-state index contributed by atoms with van der Waals surface area (Å²) in [4.78, 5) is 35.2. The number of rotatable bonds is 5. The van der Waals surface area contributed by atoms with Gasteiger partial charge in [0, 0.05) is 11.2 Å². The fourth-order valence-electron chi connectivity index (χ4n) is 3.07. The third-order valence-electron chi connectivity index (χ3n) is 4.72. The van der Waals surface area contributed by atoms with Crippen LogP contribution in [0.25, 0.3) is 16.7 Å². The van der Waals surface area contributed by atoms with Gasteiger partial charge in [0.05, 0.1) is 26.9 Å². The number of benzene rings is 2. The number of aromatic nitrogens is 3. The molecule has 1 amide bonds. The fraction of sp³-hybridized carbons (Fsp3) is 0.130. The van der Waals surface area contributed by atoms with Crippen LogP contribution >= 0.6 is 35.0 Å². The SMILES string of the molecule is Cc1ccnc(-n2c(SC(C)C(=O)Nc3ccc(Cl)cc3Cl)nc3ccccc3c2=O)c1. The lowest BCUT2D eigenvalue weighted by atomic mass is 10.2. The summed E-state index contributed by atoms with van der Waals surface area (Å²) in [5.74, 6) is 0.162. The number of pyridine rings is 1. The Kier molecular flexibility index (Phi) is 6.50. The van der Waals surface area contributed by atoms with Crippen molar-refractivity contribution in [3.63, 3.8) is 0 Å². The van der Waals surface area contributed by atoms with E-state index in [0.29, 0.717) is 37.6 Å². The minimum absolute atomic E-state index is 0.246. The Balaban J connectivity index is 1.72. The molecule has 0 saturated carbocycles. The smallest absolute Gasteiger partial charge is 0.267 e. The zero-order chi connectivity index (χ0) is 22.8. The first-order valence-electron chi connectivity index (χ1n) is 9.71. The minimum atomic E-state index is -0.578. The summed E-state index contributed by atoms with van der Waals surface area (Å²) in [5.41, 5.74) is 1.72. The number of amides is 1. The number of para-hydroxylation sites is 1. The number of carbonyl (C=O) groups excluding carboxylic acids is 1. The summed E-state index contributed by atoms with van der Waals surface area (Å²) in [6.45, 7) is 3.66. The van der Waals surface area contributed by atoms with Crippen molar-refractivity contribution in [3.8, 4) is 5.82 Å². The number of anilines is 1. The van der Waals surface area contributed by atoms with Crippen LogP contribution in [-0.4, -0.2) is 25.7 Å². The zero-order valence-corrected chi connectivity index (χ0v) is 19.5. The Morgan fingerprint density at radius 3 is 2.66 bits per heavy atom. The molecule has 4 rings (SSSR count). The molecule has 1 N–H and O–H groups in total. The van der Waals surface area contributed by atoms with E-state index in [2.05, 4.69) is 15.3 Å². The number of aryl methyl sites for hydroxylation is 1. The predicted molar refractivity (Wildman–Crippen MR) is 130 cm³/mol. The summed E-state index contributed by atoms with van der Waals surface area (Å²) in [5, 5.41) is 3.89. The van der Waals surface area contributed by atoms with Gasteiger partial charge in [-0.3, -0.25) is 9.59 Å². The molecule has 2 heterocycles. The normalized spacial score (nSPS) is 12.0. The van der Waals surface area contributed by atoms with Crippen LogP contribution in [0, 0.1) is 6.92 Å². The highest BCUT2D eigenvalue weighted by Gasteiger charge is 2.21. The number of halogens is 2. The third kappa shape index (κ3) is 4.65. The second-order valence-corrected chi connectivity index (χ2v) is 9.27. The predicted octanol–water partition coefficient (Wildman–Crippen LogP) is 5.52. The molecule has 2 aromatic carbocycles. The first-order valence-corrected chi connectivity index (χ1v) is 11.3. The number of fused-ring (bicyclic) bond motifs is 1. The highest BCUT2D eigenvalue weighted by molar-refractivity contribution is 8.00. The Bertz CT molecular complexity index is 1390. The van der Waals surface area contributed by atoms with Gasteiger partial charge in [-0.1, -0.05) is 47.1 Å². The van der Waals surface area contributed by atoms with Crippen LogP contribution in [0.2, 0.25) is 10.0 Å². The van der Waals surface area contributed by atoms with Gasteiger partial charge >= 0.3 is 0 Å². The van der Waals surface area contributed by atoms with Gasteiger partial charge in [-0.15, -0.1) is 0 Å². The van der Waals surface area contributed by atoms with Gasteiger partial charge < -0.3 is 5.32 Å². The van der Waals surface area contributed by atoms with E-state index in [1.54, 1.807) is 55.6 Å². The number of hydrogen-bond acceptors (Lipinski definition) is 5. The molecule has 1 atom stereocenters. The van der Waals surface area contributed by atoms with Crippen LogP contribution in [0.1, 0.15) is 12.5 Å². The second-order valence-electron chi connectivity index (χ2n) is 7.12. The van der Waals surface area contributed by atoms with Crippen molar-refractivity contribution in [3.05, 3.63) is 86.8 Å². The minimum Gasteiger partial charge on any atom is -0.324 e. The van der Waals surface area contributed by atoms with Gasteiger partial charge in [0.2, 0.25) is 5.91 Å². The average Bonchev–Trinajstić information content (AvgIpc) is 2.76. The lowest BCUT2D eigenvalue weighted by Gasteiger charge is -2.16. The maximum absolute atomic E-state index is 13.3. The number of thioether (sulfide) groups is 1. The van der Waals surface area contributed by atoms with Gasteiger partial charge in [0.1, 0.15) is 5.82 Å². The Morgan fingerprint density at radius 1 is 1.12 bits per heavy atom. The molecular weight excluding hydrogens is 467 g/mol. The van der Waals surface area contributed by atoms with Crippen LogP contribution in [0.5, 0.6) is 0 Å². The molecule has 0 spiro atoms. The van der Waals surface area contributed by atoms with Crippen molar-refractivity contribution in [2.24, 2.45) is 0 Å². The van der Waals surface area contributed by atoms with E-state index in [0.717, 1.165) is 5.56 Å². The molecule has 1 unspecified atom stereocenters. The summed E-state index contributed by atoms with van der Waals surface area (Å²) >= 11 is 13.3. The molecule has 0 saturated heterocycles. The van der Waals surface area contributed by atoms with Gasteiger partial charge in [-0.2, -0.15) is 0 Å². The third-order valence-corrected chi connectivity index (χ3v) is 6.32. The first kappa shape index (κ1) is 22.3. The van der Waals surface area contributed by atoms with Crippen molar-refractivity contribution in [2.45, 2.75) is 24.3 Å². The van der Waals surface area contributed by atoms with E-state index in [1.165, 1.54) is 16.3 Å². The maximum Gasteiger partial charge on any atom is 0.267 e. The standard InChI is InChI=1S/C23H18Cl2N4O2S/c1-13-9-10-26-20(11-13)29-22(31)16-5-3-4-6-18(16)28-23(29)32-14(2)21(30)27-19-8-7-15(24)12-17(19)25/h3-12,14H,1-2H3,(H,27,30). The van der Waals surface area contributed by atoms with Gasteiger partial charge in [0.15, 0.2) is 5.16 Å². The van der Waals surface area contributed by atoms with E-state index in [-0.39, 0.29) is 11.5 Å². The molecule has 0 bridgehead atoms. The quantitative estimate of drug-likeness (QED) is 0.298. The first-order chi connectivity index (χ1) is 15.3. The number of nitrogens with one attached hydrogen (secondary N) is 1. The molecule has 162 valence electrons. The molecule has 6 nitrogen and oxygen atoms in total. The van der Waals surface area contributed by atoms with Crippen molar-refractivity contribution < 1.29 is 4.79 Å². The lowest BCUT2D eigenvalue weighted by molar-refractivity contribution is -0.115. The molecule has 0 radical (unpaired) electrons. The van der Waals surface area contributed by atoms with Crippen molar-refractivity contribution in [1.29, 1.82) is 0 Å². The van der Waals surface area contributed by atoms with Crippen molar-refractivity contribution >= 4 is 57.5 Å². The van der Waals surface area contributed by atoms with Gasteiger partial charge in [-0.05, 0) is 61.9 Å². The maximum atomic E-state index is 13.3. The molecule has 4 aromatic rings. The molecule has 0 aliphatic rings. The molecule has 0 fully saturated rings. The molecule has 0 aliphatic heterocycles. The Labute approximate surface area is 198 Å². The lowest BCUT2D eigenvalue weighted by Crippen LogP contribution is -2.26. The molecule has 0 aliphatic carbocycles. The highest BCUT2D eigenvalue weighted by Crippen LogP contribution is 2.28. The molecule has 32 heavy (non-hydrogen) atoms. The number of hydrogen-bond donors (Lipinski definition) is 1. The van der Waals surface area contributed by atoms with E-state index >= 15 is 0 Å². The van der Waals surface area contributed by atoms with Crippen molar-refractivity contribution in [1.82, 2.24) is 14.5 Å². The Hall–Kier alpha value is -2.87. The molecule has 9 heteroatoms. The Morgan fingerprint density at radius 2 is 1.91 bits per heavy atom. The van der Waals surface area contributed by atoms with Crippen molar-refractivity contribution in [2.75, 3.05) is 5.32 Å². The zero-order valence-electron chi connectivity index (χ0n) is 17.2. The highest BCUT2D eigenvalue weighted by atomic mass is 35.5. The summed E-state index contributed by atoms with van der Waals surface area (Å²) in [6.07, 6.45) is 1.64. The number of nitrogens with zero attached hydrogens (tertiary/aromatic N) is 3.